The molecular formula is C14H12FN3O3. The minimum Gasteiger partial charge on any atom is -0.366 e. The molecule has 2 rings (SSSR count). The Morgan fingerprint density at radius 2 is 1.90 bits per heavy atom. The summed E-state index contributed by atoms with van der Waals surface area (Å²) in [5.74, 6) is -1.88. The Kier molecular flexibility index (Phi) is 4.13. The number of amides is 2. The average Bonchev–Trinajstić information content (AvgIpc) is 2.43. The highest BCUT2D eigenvalue weighted by Gasteiger charge is 2.11. The topological polar surface area (TPSA) is 94.2 Å². The zero-order valence-corrected chi connectivity index (χ0v) is 10.9. The molecule has 108 valence electrons. The van der Waals surface area contributed by atoms with Crippen molar-refractivity contribution in [1.29, 1.82) is 0 Å². The molecule has 7 heteroatoms. The van der Waals surface area contributed by atoms with Crippen LogP contribution in [-0.2, 0) is 11.3 Å². The van der Waals surface area contributed by atoms with Crippen LogP contribution in [0.5, 0.6) is 0 Å². The van der Waals surface area contributed by atoms with E-state index in [1.165, 1.54) is 12.1 Å². The third-order valence-electron chi connectivity index (χ3n) is 2.73. The van der Waals surface area contributed by atoms with Gasteiger partial charge >= 0.3 is 0 Å². The molecule has 0 fully saturated rings. The number of carbonyl (C=O) groups excluding carboxylic acids is 2. The van der Waals surface area contributed by atoms with E-state index in [0.717, 1.165) is 22.9 Å². The smallest absolute Gasteiger partial charge is 0.251 e. The molecule has 0 bridgehead atoms. The molecule has 0 atom stereocenters. The van der Waals surface area contributed by atoms with Crippen LogP contribution in [-0.4, -0.2) is 16.4 Å². The van der Waals surface area contributed by atoms with Gasteiger partial charge in [-0.2, -0.15) is 0 Å². The highest BCUT2D eigenvalue weighted by Crippen LogP contribution is 2.14. The number of benzene rings is 1. The number of anilines is 1. The number of rotatable bonds is 4. The van der Waals surface area contributed by atoms with Crippen molar-refractivity contribution >= 4 is 17.5 Å². The first kappa shape index (κ1) is 14.4. The number of para-hydroxylation sites is 1. The van der Waals surface area contributed by atoms with Crippen LogP contribution < -0.4 is 16.6 Å². The maximum Gasteiger partial charge on any atom is 0.251 e. The van der Waals surface area contributed by atoms with Crippen molar-refractivity contribution < 1.29 is 14.0 Å². The first-order valence-corrected chi connectivity index (χ1v) is 6.02. The fraction of sp³-hybridized carbons (Fsp3) is 0.0714. The van der Waals surface area contributed by atoms with Crippen LogP contribution in [0.2, 0.25) is 0 Å². The minimum atomic E-state index is -0.686. The summed E-state index contributed by atoms with van der Waals surface area (Å²) >= 11 is 0. The van der Waals surface area contributed by atoms with Crippen molar-refractivity contribution in [2.24, 2.45) is 5.73 Å². The molecule has 1 heterocycles. The van der Waals surface area contributed by atoms with Crippen molar-refractivity contribution in [2.45, 2.75) is 6.54 Å². The Morgan fingerprint density at radius 3 is 2.62 bits per heavy atom. The Balaban J connectivity index is 2.18. The van der Waals surface area contributed by atoms with Gasteiger partial charge in [0, 0.05) is 12.3 Å². The molecule has 1 aromatic carbocycles. The van der Waals surface area contributed by atoms with Gasteiger partial charge in [0.2, 0.25) is 5.91 Å². The zero-order chi connectivity index (χ0) is 15.4. The Morgan fingerprint density at radius 1 is 1.19 bits per heavy atom. The number of pyridine rings is 1. The molecule has 3 N–H and O–H groups in total. The molecule has 0 aliphatic heterocycles. The molecule has 0 aliphatic rings. The van der Waals surface area contributed by atoms with Gasteiger partial charge in [-0.15, -0.1) is 0 Å². The van der Waals surface area contributed by atoms with Crippen LogP contribution in [0.4, 0.5) is 10.1 Å². The van der Waals surface area contributed by atoms with Gasteiger partial charge in [0.25, 0.3) is 11.5 Å². The molecule has 0 unspecified atom stereocenters. The molecule has 0 saturated heterocycles. The van der Waals surface area contributed by atoms with Crippen molar-refractivity contribution in [3.8, 4) is 0 Å². The summed E-state index contributed by atoms with van der Waals surface area (Å²) in [6.45, 7) is -0.371. The molecule has 0 saturated carbocycles. The van der Waals surface area contributed by atoms with Crippen molar-refractivity contribution in [3.05, 3.63) is 64.3 Å². The molecule has 0 radical (unpaired) electrons. The molecular weight excluding hydrogens is 277 g/mol. The summed E-state index contributed by atoms with van der Waals surface area (Å²) in [5, 5.41) is 2.47. The summed E-state index contributed by atoms with van der Waals surface area (Å²) in [6.07, 6.45) is 0.932. The van der Waals surface area contributed by atoms with Crippen LogP contribution >= 0.6 is 0 Å². The fourth-order valence-electron chi connectivity index (χ4n) is 1.78. The number of nitrogens with zero attached hydrogens (tertiary/aromatic N) is 1. The van der Waals surface area contributed by atoms with Crippen LogP contribution in [0.1, 0.15) is 10.4 Å². The number of hydrogen-bond donors (Lipinski definition) is 2. The van der Waals surface area contributed by atoms with E-state index in [0.29, 0.717) is 0 Å². The number of nitrogens with one attached hydrogen (secondary N) is 1. The third kappa shape index (κ3) is 3.53. The molecule has 0 spiro atoms. The molecule has 21 heavy (non-hydrogen) atoms. The molecule has 0 aliphatic carbocycles. The maximum absolute atomic E-state index is 13.0. The Labute approximate surface area is 119 Å². The predicted octanol–water partition coefficient (Wildman–Crippen LogP) is 0.725. The number of aromatic nitrogens is 1. The molecule has 2 aromatic rings. The SMILES string of the molecule is NC(=O)c1ccccc1NC(=O)Cn1cc(F)ccc1=O. The quantitative estimate of drug-likeness (QED) is 0.868. The summed E-state index contributed by atoms with van der Waals surface area (Å²) in [7, 11) is 0. The lowest BCUT2D eigenvalue weighted by atomic mass is 10.1. The van der Waals surface area contributed by atoms with Gasteiger partial charge < -0.3 is 15.6 Å². The molecule has 6 nitrogen and oxygen atoms in total. The summed E-state index contributed by atoms with van der Waals surface area (Å²) in [5.41, 5.74) is 5.07. The highest BCUT2D eigenvalue weighted by molar-refractivity contribution is 6.02. The molecule has 1 aromatic heterocycles. The monoisotopic (exact) mass is 289 g/mol. The Bertz CT molecular complexity index is 755. The normalized spacial score (nSPS) is 10.1. The largest absolute Gasteiger partial charge is 0.366 e. The van der Waals surface area contributed by atoms with Crippen LogP contribution in [0, 0.1) is 5.82 Å². The van der Waals surface area contributed by atoms with E-state index in [1.807, 2.05) is 0 Å². The summed E-state index contributed by atoms with van der Waals surface area (Å²) < 4.78 is 14.0. The van der Waals surface area contributed by atoms with Gasteiger partial charge in [-0.1, -0.05) is 12.1 Å². The predicted molar refractivity (Wildman–Crippen MR) is 74.2 cm³/mol. The number of halogens is 1. The van der Waals surface area contributed by atoms with Gasteiger partial charge in [0.05, 0.1) is 11.3 Å². The first-order chi connectivity index (χ1) is 9.97. The Hall–Kier alpha value is -2.96. The van der Waals surface area contributed by atoms with E-state index in [9.17, 15) is 18.8 Å². The third-order valence-corrected chi connectivity index (χ3v) is 2.73. The van der Waals surface area contributed by atoms with Gasteiger partial charge in [0.1, 0.15) is 12.4 Å². The van der Waals surface area contributed by atoms with Crippen LogP contribution in [0.3, 0.4) is 0 Å². The van der Waals surface area contributed by atoms with E-state index >= 15 is 0 Å². The van der Waals surface area contributed by atoms with E-state index in [1.54, 1.807) is 12.1 Å². The lowest BCUT2D eigenvalue weighted by molar-refractivity contribution is -0.116. The zero-order valence-electron chi connectivity index (χ0n) is 10.9. The van der Waals surface area contributed by atoms with E-state index in [2.05, 4.69) is 5.32 Å². The fourth-order valence-corrected chi connectivity index (χ4v) is 1.78. The second-order valence-electron chi connectivity index (χ2n) is 4.27. The van der Waals surface area contributed by atoms with Crippen LogP contribution in [0.15, 0.2) is 47.4 Å². The van der Waals surface area contributed by atoms with Gasteiger partial charge in [-0.25, -0.2) is 4.39 Å². The van der Waals surface area contributed by atoms with Crippen LogP contribution in [0.25, 0.3) is 0 Å². The first-order valence-electron chi connectivity index (χ1n) is 6.02. The van der Waals surface area contributed by atoms with Gasteiger partial charge in [-0.3, -0.25) is 14.4 Å². The number of primary amides is 1. The average molecular weight is 289 g/mol. The van der Waals surface area contributed by atoms with E-state index in [4.69, 9.17) is 5.73 Å². The van der Waals surface area contributed by atoms with Gasteiger partial charge in [0.15, 0.2) is 0 Å². The van der Waals surface area contributed by atoms with Gasteiger partial charge in [-0.05, 0) is 18.2 Å². The number of carbonyl (C=O) groups is 2. The highest BCUT2D eigenvalue weighted by atomic mass is 19.1. The summed E-state index contributed by atoms with van der Waals surface area (Å²) in [4.78, 5) is 34.6. The van der Waals surface area contributed by atoms with Crippen molar-refractivity contribution in [3.63, 3.8) is 0 Å². The van der Waals surface area contributed by atoms with Crippen molar-refractivity contribution in [2.75, 3.05) is 5.32 Å². The summed E-state index contributed by atoms with van der Waals surface area (Å²) in [6, 6.07) is 8.24. The lowest BCUT2D eigenvalue weighted by Gasteiger charge is -2.09. The second kappa shape index (κ2) is 6.00. The van der Waals surface area contributed by atoms with E-state index < -0.39 is 23.2 Å². The maximum atomic E-state index is 13.0. The minimum absolute atomic E-state index is 0.150. The molecule has 2 amide bonds. The number of hydrogen-bond acceptors (Lipinski definition) is 3. The lowest BCUT2D eigenvalue weighted by Crippen LogP contribution is -2.27. The van der Waals surface area contributed by atoms with E-state index in [-0.39, 0.29) is 17.8 Å². The van der Waals surface area contributed by atoms with Crippen molar-refractivity contribution in [1.82, 2.24) is 4.57 Å². The number of nitrogens with two attached hydrogens (primary N) is 1. The standard InChI is InChI=1S/C14H12FN3O3/c15-9-5-6-13(20)18(7-9)8-12(19)17-11-4-2-1-3-10(11)14(16)21/h1-7H,8H2,(H2,16,21)(H,17,19). The second-order valence-corrected chi connectivity index (χ2v) is 4.27.